The number of hydrogen-bond acceptors (Lipinski definition) is 5. The molecule has 208 valence electrons. The summed E-state index contributed by atoms with van der Waals surface area (Å²) in [5.41, 5.74) is 6.33. The number of benzene rings is 3. The molecule has 0 saturated carbocycles. The number of imidazole rings is 1. The molecule has 5 rings (SSSR count). The maximum absolute atomic E-state index is 12.9. The number of aromatic nitrogens is 2. The highest BCUT2D eigenvalue weighted by atomic mass is 16.7. The van der Waals surface area contributed by atoms with Crippen LogP contribution in [0.1, 0.15) is 36.7 Å². The average Bonchev–Trinajstić information content (AvgIpc) is 3.30. The number of morpholine rings is 1. The summed E-state index contributed by atoms with van der Waals surface area (Å²) in [4.78, 5) is 30.8. The maximum Gasteiger partial charge on any atom is 0.511 e. The third-order valence-corrected chi connectivity index (χ3v) is 7.12. The number of carboxylic acid groups (broad SMARTS) is 1. The molecule has 9 heteroatoms. The van der Waals surface area contributed by atoms with Gasteiger partial charge in [-0.2, -0.15) is 0 Å². The molecule has 1 fully saturated rings. The molecule has 0 radical (unpaired) electrons. The minimum atomic E-state index is -1.34. The zero-order valence-corrected chi connectivity index (χ0v) is 22.9. The number of ether oxygens (including phenoxy) is 2. The van der Waals surface area contributed by atoms with Gasteiger partial charge >= 0.3 is 12.2 Å². The maximum atomic E-state index is 12.9. The lowest BCUT2D eigenvalue weighted by Gasteiger charge is -2.27. The molecular formula is C31H34N4O5. The summed E-state index contributed by atoms with van der Waals surface area (Å²) in [7, 11) is 0. The minimum Gasteiger partial charge on any atom is -0.449 e. The molecule has 2 N–H and O–H groups in total. The zero-order valence-electron chi connectivity index (χ0n) is 22.9. The molecule has 0 spiro atoms. The largest absolute Gasteiger partial charge is 0.511 e. The van der Waals surface area contributed by atoms with Crippen LogP contribution in [0.25, 0.3) is 22.2 Å². The van der Waals surface area contributed by atoms with Crippen LogP contribution in [0, 0.1) is 6.92 Å². The monoisotopic (exact) mass is 542 g/mol. The van der Waals surface area contributed by atoms with Gasteiger partial charge < -0.3 is 29.4 Å². The molecule has 0 atom stereocenters. The Balaban J connectivity index is 1.45. The van der Waals surface area contributed by atoms with Gasteiger partial charge in [0.2, 0.25) is 0 Å². The molecule has 1 aromatic heterocycles. The highest BCUT2D eigenvalue weighted by Gasteiger charge is 2.19. The summed E-state index contributed by atoms with van der Waals surface area (Å²) in [6.45, 7) is 7.07. The highest BCUT2D eigenvalue weighted by molar-refractivity contribution is 5.93. The SMILES string of the molecule is CCCCc1nc2c(C)cc(NC(=O)N3CCOCC3)cc2n1Cc1ccc(-c2ccccc2OC(=O)O)cc1. The van der Waals surface area contributed by atoms with Crippen LogP contribution < -0.4 is 10.1 Å². The highest BCUT2D eigenvalue weighted by Crippen LogP contribution is 2.31. The molecular weight excluding hydrogens is 508 g/mol. The number of rotatable bonds is 8. The normalized spacial score (nSPS) is 13.4. The van der Waals surface area contributed by atoms with E-state index in [2.05, 4.69) is 16.8 Å². The van der Waals surface area contributed by atoms with Crippen LogP contribution in [0.3, 0.4) is 0 Å². The van der Waals surface area contributed by atoms with E-state index in [0.717, 1.165) is 58.5 Å². The first-order valence-electron chi connectivity index (χ1n) is 13.7. The van der Waals surface area contributed by atoms with E-state index in [4.69, 9.17) is 19.6 Å². The van der Waals surface area contributed by atoms with Gasteiger partial charge in [0.05, 0.1) is 24.2 Å². The van der Waals surface area contributed by atoms with E-state index < -0.39 is 6.16 Å². The molecule has 1 aliphatic rings. The lowest BCUT2D eigenvalue weighted by molar-refractivity contribution is 0.0564. The van der Waals surface area contributed by atoms with E-state index in [0.29, 0.717) is 44.2 Å². The number of amides is 2. The smallest absolute Gasteiger partial charge is 0.449 e. The first-order chi connectivity index (χ1) is 19.4. The van der Waals surface area contributed by atoms with E-state index in [1.165, 1.54) is 0 Å². The quantitative estimate of drug-likeness (QED) is 0.199. The number of nitrogens with zero attached hydrogens (tertiary/aromatic N) is 3. The van der Waals surface area contributed by atoms with Crippen molar-refractivity contribution in [3.63, 3.8) is 0 Å². The third kappa shape index (κ3) is 6.10. The van der Waals surface area contributed by atoms with Gasteiger partial charge in [-0.3, -0.25) is 0 Å². The second-order valence-electron chi connectivity index (χ2n) is 9.97. The summed E-state index contributed by atoms with van der Waals surface area (Å²) in [5.74, 6) is 1.31. The van der Waals surface area contributed by atoms with Crippen LogP contribution in [-0.2, 0) is 17.7 Å². The number of carbonyl (C=O) groups is 2. The molecule has 3 aromatic carbocycles. The number of unbranched alkanes of at least 4 members (excludes halogenated alkanes) is 1. The number of aryl methyl sites for hydroxylation is 2. The summed E-state index contributed by atoms with van der Waals surface area (Å²) < 4.78 is 12.6. The molecule has 4 aromatic rings. The summed E-state index contributed by atoms with van der Waals surface area (Å²) in [5, 5.41) is 12.2. The van der Waals surface area contributed by atoms with E-state index in [-0.39, 0.29) is 6.03 Å². The van der Waals surface area contributed by atoms with Crippen molar-refractivity contribution < 1.29 is 24.2 Å². The van der Waals surface area contributed by atoms with Gasteiger partial charge in [0, 0.05) is 37.3 Å². The molecule has 9 nitrogen and oxygen atoms in total. The van der Waals surface area contributed by atoms with Crippen molar-refractivity contribution in [3.05, 3.63) is 77.6 Å². The molecule has 0 bridgehead atoms. The van der Waals surface area contributed by atoms with Gasteiger partial charge in [0.1, 0.15) is 11.6 Å². The third-order valence-electron chi connectivity index (χ3n) is 7.12. The Morgan fingerprint density at radius 1 is 1.07 bits per heavy atom. The Morgan fingerprint density at radius 2 is 1.82 bits per heavy atom. The van der Waals surface area contributed by atoms with Gasteiger partial charge in [-0.25, -0.2) is 14.6 Å². The number of fused-ring (bicyclic) bond motifs is 1. The lowest BCUT2D eigenvalue weighted by atomic mass is 10.0. The van der Waals surface area contributed by atoms with E-state index >= 15 is 0 Å². The van der Waals surface area contributed by atoms with Crippen LogP contribution >= 0.6 is 0 Å². The van der Waals surface area contributed by atoms with Crippen molar-refractivity contribution in [3.8, 4) is 16.9 Å². The Kier molecular flexibility index (Phi) is 8.31. The fourth-order valence-electron chi connectivity index (χ4n) is 5.04. The predicted molar refractivity (Wildman–Crippen MR) is 154 cm³/mol. The lowest BCUT2D eigenvalue weighted by Crippen LogP contribution is -2.43. The van der Waals surface area contributed by atoms with Crippen LogP contribution in [0.2, 0.25) is 0 Å². The average molecular weight is 543 g/mol. The van der Waals surface area contributed by atoms with Crippen molar-refractivity contribution in [2.24, 2.45) is 0 Å². The summed E-state index contributed by atoms with van der Waals surface area (Å²) in [6, 6.07) is 19.0. The van der Waals surface area contributed by atoms with Gasteiger partial charge in [-0.1, -0.05) is 55.8 Å². The molecule has 1 saturated heterocycles. The van der Waals surface area contributed by atoms with Crippen LogP contribution in [0.4, 0.5) is 15.3 Å². The predicted octanol–water partition coefficient (Wildman–Crippen LogP) is 6.32. The number of hydrogen-bond donors (Lipinski definition) is 2. The molecule has 0 aliphatic carbocycles. The second-order valence-corrected chi connectivity index (χ2v) is 9.97. The molecule has 1 aliphatic heterocycles. The molecule has 0 unspecified atom stereocenters. The second kappa shape index (κ2) is 12.2. The van der Waals surface area contributed by atoms with Crippen molar-refractivity contribution in [2.45, 2.75) is 39.7 Å². The van der Waals surface area contributed by atoms with E-state index in [9.17, 15) is 9.59 Å². The van der Waals surface area contributed by atoms with Gasteiger partial charge in [-0.05, 0) is 48.2 Å². The van der Waals surface area contributed by atoms with Crippen molar-refractivity contribution in [2.75, 3.05) is 31.6 Å². The Bertz CT molecular complexity index is 1510. The van der Waals surface area contributed by atoms with Crippen LogP contribution in [0.5, 0.6) is 5.75 Å². The van der Waals surface area contributed by atoms with Gasteiger partial charge in [0.15, 0.2) is 0 Å². The standard InChI is InChI=1S/C31H34N4O5/c1-3-4-9-28-33-29-21(2)18-24(32-30(36)34-14-16-39-17-15-34)19-26(29)35(28)20-22-10-12-23(13-11-22)25-7-5-6-8-27(25)40-31(37)38/h5-8,10-13,18-19H,3-4,9,14-17,20H2,1-2H3,(H,32,36)(H,37,38). The Hall–Kier alpha value is -4.37. The Labute approximate surface area is 233 Å². The zero-order chi connectivity index (χ0) is 28.1. The van der Waals surface area contributed by atoms with E-state index in [1.54, 1.807) is 17.0 Å². The van der Waals surface area contributed by atoms with Crippen molar-refractivity contribution in [1.29, 1.82) is 0 Å². The van der Waals surface area contributed by atoms with Crippen LogP contribution in [0.15, 0.2) is 60.7 Å². The summed E-state index contributed by atoms with van der Waals surface area (Å²) >= 11 is 0. The number of carbonyl (C=O) groups excluding carboxylic acids is 1. The topological polar surface area (TPSA) is 106 Å². The van der Waals surface area contributed by atoms with Gasteiger partial charge in [0.25, 0.3) is 0 Å². The fourth-order valence-corrected chi connectivity index (χ4v) is 5.04. The van der Waals surface area contributed by atoms with Crippen molar-refractivity contribution >= 4 is 28.9 Å². The number of urea groups is 1. The van der Waals surface area contributed by atoms with Crippen molar-refractivity contribution in [1.82, 2.24) is 14.5 Å². The van der Waals surface area contributed by atoms with Crippen LogP contribution in [-0.4, -0.2) is 58.0 Å². The van der Waals surface area contributed by atoms with E-state index in [1.807, 2.05) is 55.5 Å². The number of anilines is 1. The first kappa shape index (κ1) is 27.2. The number of para-hydroxylation sites is 1. The Morgan fingerprint density at radius 3 is 2.55 bits per heavy atom. The minimum absolute atomic E-state index is 0.123. The van der Waals surface area contributed by atoms with Gasteiger partial charge in [-0.15, -0.1) is 0 Å². The molecule has 40 heavy (non-hydrogen) atoms. The summed E-state index contributed by atoms with van der Waals surface area (Å²) in [6.07, 6.45) is 1.61. The number of nitrogens with one attached hydrogen (secondary N) is 1. The fraction of sp³-hybridized carbons (Fsp3) is 0.323. The first-order valence-corrected chi connectivity index (χ1v) is 13.7. The molecule has 2 amide bonds. The molecule has 2 heterocycles.